The predicted octanol–water partition coefficient (Wildman–Crippen LogP) is 4.05. The topological polar surface area (TPSA) is 68.5 Å². The average Bonchev–Trinajstić information content (AvgIpc) is 3.12. The molecule has 3 heterocycles. The molecule has 3 aromatic heterocycles. The first-order valence-electron chi connectivity index (χ1n) is 10.2. The zero-order valence-electron chi connectivity index (χ0n) is 17.5. The van der Waals surface area contributed by atoms with Crippen molar-refractivity contribution in [2.24, 2.45) is 5.92 Å². The van der Waals surface area contributed by atoms with E-state index < -0.39 is 0 Å². The number of aldehydes is 1. The lowest BCUT2D eigenvalue weighted by Gasteiger charge is -2.24. The van der Waals surface area contributed by atoms with Crippen LogP contribution in [0.1, 0.15) is 19.0 Å². The maximum absolute atomic E-state index is 11.1. The number of aromatic nitrogens is 3. The van der Waals surface area contributed by atoms with E-state index in [9.17, 15) is 4.79 Å². The smallest absolute Gasteiger partial charge is 0.136 e. The van der Waals surface area contributed by atoms with Crippen molar-refractivity contribution < 1.29 is 9.53 Å². The average molecular weight is 402 g/mol. The Bertz CT molecular complexity index is 1180. The van der Waals surface area contributed by atoms with Crippen molar-refractivity contribution in [2.75, 3.05) is 13.6 Å². The molecule has 1 N–H and O–H groups in total. The first-order chi connectivity index (χ1) is 14.6. The van der Waals surface area contributed by atoms with Crippen molar-refractivity contribution in [3.05, 3.63) is 60.7 Å². The molecule has 2 unspecified atom stereocenters. The van der Waals surface area contributed by atoms with E-state index in [0.717, 1.165) is 45.4 Å². The minimum Gasteiger partial charge on any atom is -0.490 e. The summed E-state index contributed by atoms with van der Waals surface area (Å²) in [6, 6.07) is 12.1. The molecule has 0 amide bonds. The zero-order chi connectivity index (χ0) is 21.1. The highest BCUT2D eigenvalue weighted by Gasteiger charge is 2.20. The van der Waals surface area contributed by atoms with Crippen molar-refractivity contribution in [3.8, 4) is 16.9 Å². The molecule has 4 aromatic rings. The van der Waals surface area contributed by atoms with E-state index in [2.05, 4.69) is 39.7 Å². The SMILES string of the molecule is CNCC(CC=O)C(C)Oc1cc(-c2ccc3nc(C)cn3c2)cc2ncccc12. The molecular formula is C24H26N4O2. The molecular weight excluding hydrogens is 376 g/mol. The van der Waals surface area contributed by atoms with Crippen molar-refractivity contribution in [3.63, 3.8) is 0 Å². The number of ether oxygens (including phenoxy) is 1. The number of nitrogens with zero attached hydrogens (tertiary/aromatic N) is 3. The maximum Gasteiger partial charge on any atom is 0.136 e. The van der Waals surface area contributed by atoms with Crippen LogP contribution in [0.3, 0.4) is 0 Å². The maximum atomic E-state index is 11.1. The van der Waals surface area contributed by atoms with E-state index in [4.69, 9.17) is 4.74 Å². The molecule has 154 valence electrons. The van der Waals surface area contributed by atoms with E-state index in [-0.39, 0.29) is 12.0 Å². The van der Waals surface area contributed by atoms with Gasteiger partial charge in [-0.2, -0.15) is 0 Å². The number of imidazole rings is 1. The van der Waals surface area contributed by atoms with Crippen LogP contribution in [0.25, 0.3) is 27.7 Å². The van der Waals surface area contributed by atoms with Gasteiger partial charge in [0.25, 0.3) is 0 Å². The molecule has 1 aromatic carbocycles. The second-order valence-corrected chi connectivity index (χ2v) is 7.65. The Morgan fingerprint density at radius 3 is 2.87 bits per heavy atom. The monoisotopic (exact) mass is 402 g/mol. The lowest BCUT2D eigenvalue weighted by Crippen LogP contribution is -2.32. The fraction of sp³-hybridized carbons (Fsp3) is 0.292. The van der Waals surface area contributed by atoms with Gasteiger partial charge in [0.2, 0.25) is 0 Å². The molecule has 0 saturated heterocycles. The quantitative estimate of drug-likeness (QED) is 0.450. The summed E-state index contributed by atoms with van der Waals surface area (Å²) in [4.78, 5) is 20.2. The molecule has 0 radical (unpaired) electrons. The van der Waals surface area contributed by atoms with Crippen molar-refractivity contribution in [2.45, 2.75) is 26.4 Å². The van der Waals surface area contributed by atoms with E-state index >= 15 is 0 Å². The van der Waals surface area contributed by atoms with Gasteiger partial charge in [0.1, 0.15) is 23.8 Å². The highest BCUT2D eigenvalue weighted by atomic mass is 16.5. The van der Waals surface area contributed by atoms with Crippen LogP contribution in [0.4, 0.5) is 0 Å². The summed E-state index contributed by atoms with van der Waals surface area (Å²) < 4.78 is 8.42. The molecule has 6 nitrogen and oxygen atoms in total. The van der Waals surface area contributed by atoms with Crippen LogP contribution < -0.4 is 10.1 Å². The van der Waals surface area contributed by atoms with Crippen LogP contribution in [0.15, 0.2) is 55.0 Å². The lowest BCUT2D eigenvalue weighted by molar-refractivity contribution is -0.109. The van der Waals surface area contributed by atoms with Gasteiger partial charge in [-0.15, -0.1) is 0 Å². The molecule has 0 aliphatic rings. The summed E-state index contributed by atoms with van der Waals surface area (Å²) in [7, 11) is 1.89. The number of aryl methyl sites for hydroxylation is 1. The van der Waals surface area contributed by atoms with Gasteiger partial charge < -0.3 is 19.2 Å². The van der Waals surface area contributed by atoms with E-state index in [1.54, 1.807) is 6.20 Å². The Kier molecular flexibility index (Phi) is 5.77. The third-order valence-corrected chi connectivity index (χ3v) is 5.43. The molecule has 0 spiro atoms. The molecule has 30 heavy (non-hydrogen) atoms. The second-order valence-electron chi connectivity index (χ2n) is 7.65. The van der Waals surface area contributed by atoms with Gasteiger partial charge in [0.15, 0.2) is 0 Å². The largest absolute Gasteiger partial charge is 0.490 e. The molecule has 6 heteroatoms. The number of hydrogen-bond acceptors (Lipinski definition) is 5. The van der Waals surface area contributed by atoms with Crippen LogP contribution in [-0.4, -0.2) is 40.4 Å². The molecule has 4 rings (SSSR count). The first-order valence-corrected chi connectivity index (χ1v) is 10.2. The molecule has 0 fully saturated rings. The van der Waals surface area contributed by atoms with Crippen LogP contribution in [0.5, 0.6) is 5.75 Å². The summed E-state index contributed by atoms with van der Waals surface area (Å²) in [6.45, 7) is 4.72. The van der Waals surface area contributed by atoms with Crippen LogP contribution >= 0.6 is 0 Å². The number of nitrogens with one attached hydrogen (secondary N) is 1. The third-order valence-electron chi connectivity index (χ3n) is 5.43. The van der Waals surface area contributed by atoms with Gasteiger partial charge >= 0.3 is 0 Å². The van der Waals surface area contributed by atoms with Crippen LogP contribution in [0, 0.1) is 12.8 Å². The van der Waals surface area contributed by atoms with Crippen molar-refractivity contribution >= 4 is 22.8 Å². The molecule has 0 saturated carbocycles. The van der Waals surface area contributed by atoms with E-state index in [1.807, 2.05) is 49.7 Å². The second kappa shape index (κ2) is 8.63. The third kappa shape index (κ3) is 4.04. The van der Waals surface area contributed by atoms with Gasteiger partial charge in [0, 0.05) is 42.9 Å². The molecule has 0 aliphatic heterocycles. The Morgan fingerprint density at radius 2 is 2.07 bits per heavy atom. The number of carbonyl (C=O) groups is 1. The van der Waals surface area contributed by atoms with Gasteiger partial charge in [-0.25, -0.2) is 4.98 Å². The molecule has 2 atom stereocenters. The summed E-state index contributed by atoms with van der Waals surface area (Å²) in [5.74, 6) is 0.866. The Morgan fingerprint density at radius 1 is 1.20 bits per heavy atom. The Hall–Kier alpha value is -3.25. The fourth-order valence-corrected chi connectivity index (χ4v) is 3.83. The number of carbonyl (C=O) groups excluding carboxylic acids is 1. The van der Waals surface area contributed by atoms with E-state index in [1.165, 1.54) is 0 Å². The Labute approximate surface area is 175 Å². The number of pyridine rings is 2. The Balaban J connectivity index is 1.75. The van der Waals surface area contributed by atoms with Crippen LogP contribution in [-0.2, 0) is 4.79 Å². The normalized spacial score (nSPS) is 13.4. The minimum atomic E-state index is -0.125. The van der Waals surface area contributed by atoms with Gasteiger partial charge in [-0.05, 0) is 68.4 Å². The molecule has 0 aliphatic carbocycles. The van der Waals surface area contributed by atoms with Gasteiger partial charge in [-0.3, -0.25) is 4.98 Å². The lowest BCUT2D eigenvalue weighted by atomic mass is 9.99. The van der Waals surface area contributed by atoms with Crippen molar-refractivity contribution in [1.82, 2.24) is 19.7 Å². The fourth-order valence-electron chi connectivity index (χ4n) is 3.83. The summed E-state index contributed by atoms with van der Waals surface area (Å²) in [5, 5.41) is 4.11. The number of hydrogen-bond donors (Lipinski definition) is 1. The van der Waals surface area contributed by atoms with E-state index in [0.29, 0.717) is 13.0 Å². The number of rotatable bonds is 8. The van der Waals surface area contributed by atoms with Gasteiger partial charge in [-0.1, -0.05) is 0 Å². The molecule has 0 bridgehead atoms. The standard InChI is InChI=1S/C24H26N4O2/c1-16-14-28-15-19(6-7-24(28)27-16)20-11-22-21(5-4-9-26-22)23(12-20)30-17(2)18(8-10-29)13-25-3/h4-7,9-12,14-15,17-18,25H,8,13H2,1-3H3. The van der Waals surface area contributed by atoms with Crippen LogP contribution in [0.2, 0.25) is 0 Å². The highest BCUT2D eigenvalue weighted by Crippen LogP contribution is 2.33. The highest BCUT2D eigenvalue weighted by molar-refractivity contribution is 5.90. The summed E-state index contributed by atoms with van der Waals surface area (Å²) in [6.07, 6.45) is 7.16. The zero-order valence-corrected chi connectivity index (χ0v) is 17.5. The first kappa shape index (κ1) is 20.0. The van der Waals surface area contributed by atoms with Gasteiger partial charge in [0.05, 0.1) is 11.2 Å². The predicted molar refractivity (Wildman–Crippen MR) is 119 cm³/mol. The minimum absolute atomic E-state index is 0.0909. The summed E-state index contributed by atoms with van der Waals surface area (Å²) in [5.41, 5.74) is 4.86. The number of fused-ring (bicyclic) bond motifs is 2. The van der Waals surface area contributed by atoms with Crippen molar-refractivity contribution in [1.29, 1.82) is 0 Å². The summed E-state index contributed by atoms with van der Waals surface area (Å²) >= 11 is 0. The number of benzene rings is 1.